The molecule has 2 amide bonds. The van der Waals surface area contributed by atoms with E-state index in [1.807, 2.05) is 65.0 Å². The van der Waals surface area contributed by atoms with Gasteiger partial charge in [0.1, 0.15) is 17.9 Å². The van der Waals surface area contributed by atoms with Gasteiger partial charge in [-0.1, -0.05) is 35.5 Å². The minimum absolute atomic E-state index is 0.0345. The van der Waals surface area contributed by atoms with Crippen molar-refractivity contribution in [3.8, 4) is 0 Å². The Morgan fingerprint density at radius 2 is 1.90 bits per heavy atom. The highest BCUT2D eigenvalue weighted by Crippen LogP contribution is 2.12. The van der Waals surface area contributed by atoms with Crippen LogP contribution in [0.3, 0.4) is 0 Å². The lowest BCUT2D eigenvalue weighted by Gasteiger charge is -2.30. The van der Waals surface area contributed by atoms with Gasteiger partial charge in [-0.3, -0.25) is 4.68 Å². The molecule has 9 heteroatoms. The van der Waals surface area contributed by atoms with E-state index in [0.717, 1.165) is 5.56 Å². The molecule has 0 spiro atoms. The molecule has 0 fully saturated rings. The van der Waals surface area contributed by atoms with Crippen molar-refractivity contribution < 1.29 is 19.1 Å². The van der Waals surface area contributed by atoms with E-state index in [9.17, 15) is 9.59 Å². The van der Waals surface area contributed by atoms with Crippen molar-refractivity contribution in [1.82, 2.24) is 25.2 Å². The largest absolute Gasteiger partial charge is 0.445 e. The molecule has 0 aliphatic carbocycles. The minimum atomic E-state index is -0.528. The molecule has 2 aromatic rings. The van der Waals surface area contributed by atoms with E-state index in [2.05, 4.69) is 15.6 Å². The molecule has 0 unspecified atom stereocenters. The first-order chi connectivity index (χ1) is 14.6. The summed E-state index contributed by atoms with van der Waals surface area (Å²) in [5, 5.41) is 10.8. The maximum Gasteiger partial charge on any atom is 0.410 e. The normalized spacial score (nSPS) is 11.3. The predicted octanol–water partition coefficient (Wildman–Crippen LogP) is 3.74. The smallest absolute Gasteiger partial charge is 0.410 e. The Hall–Kier alpha value is -3.10. The monoisotopic (exact) mass is 431 g/mol. The summed E-state index contributed by atoms with van der Waals surface area (Å²) < 4.78 is 12.3. The molecule has 0 bridgehead atoms. The molecule has 1 aromatic heterocycles. The third kappa shape index (κ3) is 9.06. The Balaban J connectivity index is 1.73. The van der Waals surface area contributed by atoms with Gasteiger partial charge in [0.15, 0.2) is 0 Å². The van der Waals surface area contributed by atoms with E-state index in [0.29, 0.717) is 25.2 Å². The first-order valence-corrected chi connectivity index (χ1v) is 10.5. The number of carbonyl (C=O) groups is 2. The molecule has 0 atom stereocenters. The van der Waals surface area contributed by atoms with Crippen LogP contribution >= 0.6 is 0 Å². The van der Waals surface area contributed by atoms with E-state index in [1.165, 1.54) is 0 Å². The van der Waals surface area contributed by atoms with Crippen LogP contribution in [0.25, 0.3) is 0 Å². The zero-order chi connectivity index (χ0) is 22.9. The Morgan fingerprint density at radius 3 is 2.55 bits per heavy atom. The quantitative estimate of drug-likeness (QED) is 0.649. The van der Waals surface area contributed by atoms with Crippen LogP contribution in [-0.4, -0.2) is 50.3 Å². The number of nitrogens with one attached hydrogen (secondary N) is 1. The zero-order valence-electron chi connectivity index (χ0n) is 19.0. The van der Waals surface area contributed by atoms with Crippen LogP contribution < -0.4 is 5.32 Å². The van der Waals surface area contributed by atoms with E-state index >= 15 is 0 Å². The number of alkyl carbamates (subject to hydrolysis) is 1. The van der Waals surface area contributed by atoms with Crippen molar-refractivity contribution in [2.75, 3.05) is 6.54 Å². The van der Waals surface area contributed by atoms with Gasteiger partial charge in [0.2, 0.25) is 0 Å². The van der Waals surface area contributed by atoms with Crippen LogP contribution in [0.5, 0.6) is 0 Å². The molecule has 0 radical (unpaired) electrons. The summed E-state index contributed by atoms with van der Waals surface area (Å²) in [5.74, 6) is 0. The van der Waals surface area contributed by atoms with Crippen LogP contribution in [0, 0.1) is 0 Å². The van der Waals surface area contributed by atoms with E-state index < -0.39 is 11.7 Å². The molecule has 0 aliphatic heterocycles. The van der Waals surface area contributed by atoms with Gasteiger partial charge in [0, 0.05) is 19.1 Å². The van der Waals surface area contributed by atoms with Gasteiger partial charge >= 0.3 is 12.2 Å². The highest BCUT2D eigenvalue weighted by atomic mass is 16.6. The van der Waals surface area contributed by atoms with Gasteiger partial charge in [-0.2, -0.15) is 0 Å². The molecular formula is C22H33N5O4. The predicted molar refractivity (Wildman–Crippen MR) is 116 cm³/mol. The lowest BCUT2D eigenvalue weighted by molar-refractivity contribution is 0.0186. The van der Waals surface area contributed by atoms with E-state index in [4.69, 9.17) is 9.47 Å². The first kappa shape index (κ1) is 24.2. The van der Waals surface area contributed by atoms with Crippen LogP contribution in [-0.2, 0) is 29.2 Å². The fourth-order valence-electron chi connectivity index (χ4n) is 2.75. The van der Waals surface area contributed by atoms with Gasteiger partial charge in [-0.25, -0.2) is 9.59 Å². The standard InChI is InChI=1S/C22H33N5O4/c1-17(2)27(21(29)31-22(3,4)5)13-9-12-26-15-19(24-25-26)14-23-20(28)30-16-18-10-7-6-8-11-18/h6-8,10-11,15,17H,9,12-14,16H2,1-5H3,(H,23,28). The number of nitrogens with zero attached hydrogens (tertiary/aromatic N) is 4. The van der Waals surface area contributed by atoms with Crippen molar-refractivity contribution in [2.24, 2.45) is 0 Å². The molecule has 2 rings (SSSR count). The summed E-state index contributed by atoms with van der Waals surface area (Å²) in [4.78, 5) is 25.9. The fourth-order valence-corrected chi connectivity index (χ4v) is 2.75. The second-order valence-corrected chi connectivity index (χ2v) is 8.51. The lowest BCUT2D eigenvalue weighted by atomic mass is 10.2. The molecule has 1 aromatic carbocycles. The number of benzene rings is 1. The summed E-state index contributed by atoms with van der Waals surface area (Å²) in [6.07, 6.45) is 1.64. The number of hydrogen-bond acceptors (Lipinski definition) is 6. The maximum atomic E-state index is 12.4. The van der Waals surface area contributed by atoms with Crippen LogP contribution in [0.4, 0.5) is 9.59 Å². The number of rotatable bonds is 9. The van der Waals surface area contributed by atoms with E-state index in [1.54, 1.807) is 15.8 Å². The minimum Gasteiger partial charge on any atom is -0.445 e. The zero-order valence-corrected chi connectivity index (χ0v) is 19.0. The van der Waals surface area contributed by atoms with Gasteiger partial charge in [0.25, 0.3) is 0 Å². The van der Waals surface area contributed by atoms with Crippen LogP contribution in [0.15, 0.2) is 36.5 Å². The highest BCUT2D eigenvalue weighted by molar-refractivity contribution is 5.68. The summed E-state index contributed by atoms with van der Waals surface area (Å²) in [7, 11) is 0. The number of ether oxygens (including phenoxy) is 2. The first-order valence-electron chi connectivity index (χ1n) is 10.5. The van der Waals surface area contributed by atoms with Crippen molar-refractivity contribution in [3.63, 3.8) is 0 Å². The van der Waals surface area contributed by atoms with Gasteiger partial charge < -0.3 is 19.7 Å². The van der Waals surface area contributed by atoms with Crippen molar-refractivity contribution in [3.05, 3.63) is 47.8 Å². The summed E-state index contributed by atoms with van der Waals surface area (Å²) >= 11 is 0. The number of aryl methyl sites for hydroxylation is 1. The van der Waals surface area contributed by atoms with Gasteiger partial charge in [0.05, 0.1) is 12.7 Å². The van der Waals surface area contributed by atoms with Gasteiger partial charge in [-0.05, 0) is 46.6 Å². The molecule has 9 nitrogen and oxygen atoms in total. The summed E-state index contributed by atoms with van der Waals surface area (Å²) in [6.45, 7) is 11.1. The molecular weight excluding hydrogens is 398 g/mol. The van der Waals surface area contributed by atoms with Crippen LogP contribution in [0.2, 0.25) is 0 Å². The third-order valence-electron chi connectivity index (χ3n) is 4.25. The molecule has 1 N–H and O–H groups in total. The summed E-state index contributed by atoms with van der Waals surface area (Å²) in [5.41, 5.74) is 1.02. The van der Waals surface area contributed by atoms with Crippen LogP contribution in [0.1, 0.15) is 52.3 Å². The molecule has 31 heavy (non-hydrogen) atoms. The van der Waals surface area contributed by atoms with Gasteiger partial charge in [-0.15, -0.1) is 5.10 Å². The van der Waals surface area contributed by atoms with Crippen molar-refractivity contribution >= 4 is 12.2 Å². The van der Waals surface area contributed by atoms with E-state index in [-0.39, 0.29) is 25.3 Å². The molecule has 0 aliphatic rings. The Labute approximate surface area is 183 Å². The SMILES string of the molecule is CC(C)N(CCCn1cc(CNC(=O)OCc2ccccc2)nn1)C(=O)OC(C)(C)C. The Kier molecular flexibility index (Phi) is 8.84. The Bertz CT molecular complexity index is 830. The maximum absolute atomic E-state index is 12.4. The third-order valence-corrected chi connectivity index (χ3v) is 4.25. The molecule has 0 saturated carbocycles. The number of hydrogen-bond donors (Lipinski definition) is 1. The number of carbonyl (C=O) groups excluding carboxylic acids is 2. The fraction of sp³-hybridized carbons (Fsp3) is 0.545. The summed E-state index contributed by atoms with van der Waals surface area (Å²) in [6, 6.07) is 9.51. The average molecular weight is 432 g/mol. The number of amides is 2. The average Bonchev–Trinajstić information content (AvgIpc) is 3.15. The Morgan fingerprint density at radius 1 is 1.19 bits per heavy atom. The molecule has 0 saturated heterocycles. The van der Waals surface area contributed by atoms with Crippen molar-refractivity contribution in [2.45, 2.75) is 72.4 Å². The lowest BCUT2D eigenvalue weighted by Crippen LogP contribution is -2.41. The topological polar surface area (TPSA) is 98.6 Å². The van der Waals surface area contributed by atoms with Crippen molar-refractivity contribution in [1.29, 1.82) is 0 Å². The highest BCUT2D eigenvalue weighted by Gasteiger charge is 2.23. The molecule has 170 valence electrons. The second-order valence-electron chi connectivity index (χ2n) is 8.51. The second kappa shape index (κ2) is 11.3. The molecule has 1 heterocycles. The number of aromatic nitrogens is 3.